The van der Waals surface area contributed by atoms with Gasteiger partial charge in [-0.3, -0.25) is 5.32 Å². The van der Waals surface area contributed by atoms with Crippen molar-refractivity contribution in [1.29, 1.82) is 0 Å². The zero-order chi connectivity index (χ0) is 13.0. The molecule has 2 nitrogen and oxygen atoms in total. The molecular formula is C16H31NO. The van der Waals surface area contributed by atoms with Crippen LogP contribution in [0.5, 0.6) is 0 Å². The van der Waals surface area contributed by atoms with Crippen LogP contribution >= 0.6 is 0 Å². The summed E-state index contributed by atoms with van der Waals surface area (Å²) in [6, 6.07) is 0. The summed E-state index contributed by atoms with van der Waals surface area (Å²) in [6.07, 6.45) is 9.86. The molecule has 0 radical (unpaired) electrons. The first-order valence-corrected chi connectivity index (χ1v) is 7.90. The maximum Gasteiger partial charge on any atom is 0.108 e. The molecule has 0 aromatic heterocycles. The molecule has 2 unspecified atom stereocenters. The average Bonchev–Trinajstić information content (AvgIpc) is 2.37. The summed E-state index contributed by atoms with van der Waals surface area (Å²) < 4.78 is 6.07. The fourth-order valence-electron chi connectivity index (χ4n) is 3.32. The van der Waals surface area contributed by atoms with Crippen LogP contribution in [0.15, 0.2) is 0 Å². The Balaban J connectivity index is 1.64. The van der Waals surface area contributed by atoms with E-state index in [1.54, 1.807) is 0 Å². The van der Waals surface area contributed by atoms with E-state index in [2.05, 4.69) is 26.1 Å². The van der Waals surface area contributed by atoms with Gasteiger partial charge in [-0.2, -0.15) is 0 Å². The van der Waals surface area contributed by atoms with Gasteiger partial charge in [-0.1, -0.05) is 40.0 Å². The largest absolute Gasteiger partial charge is 0.363 e. The summed E-state index contributed by atoms with van der Waals surface area (Å²) >= 11 is 0. The predicted molar refractivity (Wildman–Crippen MR) is 76.5 cm³/mol. The normalized spacial score (nSPS) is 31.5. The van der Waals surface area contributed by atoms with Gasteiger partial charge in [-0.15, -0.1) is 0 Å². The molecule has 2 heteroatoms. The van der Waals surface area contributed by atoms with Gasteiger partial charge in [0, 0.05) is 6.54 Å². The molecular weight excluding hydrogens is 222 g/mol. The number of hydrogen-bond donors (Lipinski definition) is 1. The summed E-state index contributed by atoms with van der Waals surface area (Å²) in [5.74, 6) is 1.63. The summed E-state index contributed by atoms with van der Waals surface area (Å²) in [5.41, 5.74) is 0.432. The van der Waals surface area contributed by atoms with Gasteiger partial charge in [0.1, 0.15) is 6.23 Å². The Morgan fingerprint density at radius 3 is 2.28 bits per heavy atom. The van der Waals surface area contributed by atoms with Crippen LogP contribution < -0.4 is 5.32 Å². The molecule has 2 fully saturated rings. The maximum absolute atomic E-state index is 6.07. The Labute approximate surface area is 113 Å². The lowest BCUT2D eigenvalue weighted by Crippen LogP contribution is -2.45. The molecule has 2 aliphatic rings. The van der Waals surface area contributed by atoms with Crippen molar-refractivity contribution in [1.82, 2.24) is 5.32 Å². The van der Waals surface area contributed by atoms with Crippen LogP contribution in [-0.4, -0.2) is 19.4 Å². The monoisotopic (exact) mass is 253 g/mol. The van der Waals surface area contributed by atoms with Crippen LogP contribution in [-0.2, 0) is 4.74 Å². The Hall–Kier alpha value is -0.0800. The predicted octanol–water partition coefficient (Wildman–Crippen LogP) is 3.96. The Kier molecular flexibility index (Phi) is 5.08. The zero-order valence-corrected chi connectivity index (χ0v) is 12.5. The molecule has 2 rings (SSSR count). The fraction of sp³-hybridized carbons (Fsp3) is 1.00. The van der Waals surface area contributed by atoms with E-state index in [9.17, 15) is 0 Å². The van der Waals surface area contributed by atoms with Crippen LogP contribution in [0.25, 0.3) is 0 Å². The fourth-order valence-corrected chi connectivity index (χ4v) is 3.32. The van der Waals surface area contributed by atoms with Gasteiger partial charge in [0.25, 0.3) is 0 Å². The van der Waals surface area contributed by atoms with Crippen LogP contribution in [0, 0.1) is 17.3 Å². The summed E-state index contributed by atoms with van der Waals surface area (Å²) in [4.78, 5) is 0. The minimum atomic E-state index is 0.325. The van der Waals surface area contributed by atoms with E-state index < -0.39 is 0 Å². The smallest absolute Gasteiger partial charge is 0.108 e. The van der Waals surface area contributed by atoms with Crippen LogP contribution in [0.2, 0.25) is 0 Å². The number of rotatable bonds is 3. The van der Waals surface area contributed by atoms with E-state index in [-0.39, 0.29) is 0 Å². The molecule has 0 aromatic rings. The lowest BCUT2D eigenvalue weighted by atomic mass is 9.76. The highest BCUT2D eigenvalue weighted by Gasteiger charge is 2.29. The minimum absolute atomic E-state index is 0.325. The van der Waals surface area contributed by atoms with Gasteiger partial charge in [-0.05, 0) is 42.9 Å². The summed E-state index contributed by atoms with van der Waals surface area (Å²) in [6.45, 7) is 9.16. The Bertz CT molecular complexity index is 232. The molecule has 1 saturated carbocycles. The van der Waals surface area contributed by atoms with Crippen LogP contribution in [0.4, 0.5) is 0 Å². The highest BCUT2D eigenvalue weighted by atomic mass is 16.5. The van der Waals surface area contributed by atoms with E-state index in [1.165, 1.54) is 44.9 Å². The van der Waals surface area contributed by atoms with Gasteiger partial charge in [-0.25, -0.2) is 0 Å². The lowest BCUT2D eigenvalue weighted by Gasteiger charge is -2.38. The van der Waals surface area contributed by atoms with Crippen molar-refractivity contribution in [3.63, 3.8) is 0 Å². The average molecular weight is 253 g/mol. The molecule has 1 saturated heterocycles. The lowest BCUT2D eigenvalue weighted by molar-refractivity contribution is -0.0295. The van der Waals surface area contributed by atoms with Crippen molar-refractivity contribution in [2.24, 2.45) is 17.3 Å². The van der Waals surface area contributed by atoms with Crippen molar-refractivity contribution in [2.75, 3.05) is 13.2 Å². The Morgan fingerprint density at radius 1 is 1.00 bits per heavy atom. The van der Waals surface area contributed by atoms with Crippen LogP contribution in [0.3, 0.4) is 0 Å². The molecule has 1 aliphatic heterocycles. The quantitative estimate of drug-likeness (QED) is 0.822. The third-order valence-electron chi connectivity index (χ3n) is 4.85. The van der Waals surface area contributed by atoms with E-state index >= 15 is 0 Å². The molecule has 1 heterocycles. The molecule has 1 N–H and O–H groups in total. The zero-order valence-electron chi connectivity index (χ0n) is 12.5. The molecule has 0 spiro atoms. The first kappa shape index (κ1) is 14.3. The van der Waals surface area contributed by atoms with E-state index in [0.29, 0.717) is 11.6 Å². The minimum Gasteiger partial charge on any atom is -0.363 e. The Morgan fingerprint density at radius 2 is 1.72 bits per heavy atom. The van der Waals surface area contributed by atoms with E-state index in [0.717, 1.165) is 25.0 Å². The molecule has 2 atom stereocenters. The SMILES string of the molecule is CC(C)(C)C1CCC(OCC2CCCCC2)NC1. The van der Waals surface area contributed by atoms with Gasteiger partial charge in [0.2, 0.25) is 0 Å². The first-order chi connectivity index (χ1) is 8.55. The summed E-state index contributed by atoms with van der Waals surface area (Å²) in [5, 5.41) is 3.59. The van der Waals surface area contributed by atoms with Gasteiger partial charge >= 0.3 is 0 Å². The van der Waals surface area contributed by atoms with Crippen molar-refractivity contribution < 1.29 is 4.74 Å². The topological polar surface area (TPSA) is 21.3 Å². The van der Waals surface area contributed by atoms with Crippen molar-refractivity contribution in [3.05, 3.63) is 0 Å². The number of ether oxygens (including phenoxy) is 1. The van der Waals surface area contributed by atoms with Crippen LogP contribution in [0.1, 0.15) is 65.7 Å². The van der Waals surface area contributed by atoms with E-state index in [4.69, 9.17) is 4.74 Å². The number of nitrogens with one attached hydrogen (secondary N) is 1. The molecule has 0 bridgehead atoms. The third-order valence-corrected chi connectivity index (χ3v) is 4.85. The van der Waals surface area contributed by atoms with Gasteiger partial charge in [0.05, 0.1) is 6.61 Å². The van der Waals surface area contributed by atoms with E-state index in [1.807, 2.05) is 0 Å². The number of piperidine rings is 1. The highest BCUT2D eigenvalue weighted by molar-refractivity contribution is 4.81. The molecule has 106 valence electrons. The summed E-state index contributed by atoms with van der Waals surface area (Å²) in [7, 11) is 0. The van der Waals surface area contributed by atoms with Crippen molar-refractivity contribution >= 4 is 0 Å². The second kappa shape index (κ2) is 6.38. The molecule has 0 aromatic carbocycles. The molecule has 0 amide bonds. The second-order valence-corrected chi connectivity index (χ2v) is 7.37. The standard InChI is InChI=1S/C16H31NO/c1-16(2,3)14-9-10-15(17-11-14)18-12-13-7-5-4-6-8-13/h13-15,17H,4-12H2,1-3H3. The molecule has 1 aliphatic carbocycles. The molecule has 18 heavy (non-hydrogen) atoms. The van der Waals surface area contributed by atoms with Crippen molar-refractivity contribution in [3.8, 4) is 0 Å². The van der Waals surface area contributed by atoms with Gasteiger partial charge < -0.3 is 4.74 Å². The highest BCUT2D eigenvalue weighted by Crippen LogP contribution is 2.32. The maximum atomic E-state index is 6.07. The van der Waals surface area contributed by atoms with Crippen molar-refractivity contribution in [2.45, 2.75) is 71.9 Å². The van der Waals surface area contributed by atoms with Gasteiger partial charge in [0.15, 0.2) is 0 Å². The third kappa shape index (κ3) is 4.24. The second-order valence-electron chi connectivity index (χ2n) is 7.37. The number of hydrogen-bond acceptors (Lipinski definition) is 2. The first-order valence-electron chi connectivity index (χ1n) is 7.90.